The molecule has 0 aliphatic carbocycles. The molecule has 1 unspecified atom stereocenters. The Kier molecular flexibility index (Phi) is 5.25. The average Bonchev–Trinajstić information content (AvgIpc) is 2.34. The average molecular weight is 238 g/mol. The van der Waals surface area contributed by atoms with Crippen molar-refractivity contribution in [3.8, 4) is 11.5 Å². The van der Waals surface area contributed by atoms with Gasteiger partial charge in [-0.3, -0.25) is 0 Å². The minimum atomic E-state index is 0.305. The summed E-state index contributed by atoms with van der Waals surface area (Å²) in [4.78, 5) is 2.16. The van der Waals surface area contributed by atoms with Gasteiger partial charge in [0.05, 0.1) is 14.2 Å². The molecule has 0 saturated heterocycles. The first kappa shape index (κ1) is 13.8. The highest BCUT2D eigenvalue weighted by molar-refractivity contribution is 5.43. The standard InChI is InChI=1S/C13H22N2O2/c1-15(2)11(7-8-14)10-5-6-12(16-3)13(9-10)17-4/h5-6,9,11H,7-8,14H2,1-4H3. The van der Waals surface area contributed by atoms with Crippen molar-refractivity contribution in [3.63, 3.8) is 0 Å². The van der Waals surface area contributed by atoms with E-state index in [1.165, 1.54) is 5.56 Å². The SMILES string of the molecule is COc1ccc(C(CCN)N(C)C)cc1OC. The molecular formula is C13H22N2O2. The van der Waals surface area contributed by atoms with E-state index in [9.17, 15) is 0 Å². The van der Waals surface area contributed by atoms with Gasteiger partial charge in [0.15, 0.2) is 11.5 Å². The Bertz CT molecular complexity index is 353. The molecule has 0 fully saturated rings. The van der Waals surface area contributed by atoms with Crippen molar-refractivity contribution < 1.29 is 9.47 Å². The summed E-state index contributed by atoms with van der Waals surface area (Å²) >= 11 is 0. The third-order valence-electron chi connectivity index (χ3n) is 2.86. The van der Waals surface area contributed by atoms with Gasteiger partial charge in [-0.05, 0) is 44.8 Å². The van der Waals surface area contributed by atoms with Crippen molar-refractivity contribution in [2.24, 2.45) is 5.73 Å². The lowest BCUT2D eigenvalue weighted by molar-refractivity contribution is 0.285. The molecule has 96 valence electrons. The minimum Gasteiger partial charge on any atom is -0.493 e. The molecule has 1 aromatic rings. The van der Waals surface area contributed by atoms with Crippen LogP contribution in [0.2, 0.25) is 0 Å². The molecule has 0 amide bonds. The van der Waals surface area contributed by atoms with E-state index >= 15 is 0 Å². The Labute approximate surface area is 103 Å². The van der Waals surface area contributed by atoms with Gasteiger partial charge >= 0.3 is 0 Å². The highest BCUT2D eigenvalue weighted by Crippen LogP contribution is 2.32. The summed E-state index contributed by atoms with van der Waals surface area (Å²) in [5.74, 6) is 1.51. The third kappa shape index (κ3) is 3.35. The van der Waals surface area contributed by atoms with Crippen LogP contribution in [0.3, 0.4) is 0 Å². The molecule has 0 spiro atoms. The quantitative estimate of drug-likeness (QED) is 0.818. The van der Waals surface area contributed by atoms with Crippen LogP contribution >= 0.6 is 0 Å². The van der Waals surface area contributed by atoms with Crippen LogP contribution in [-0.4, -0.2) is 39.8 Å². The van der Waals surface area contributed by atoms with Gasteiger partial charge in [-0.2, -0.15) is 0 Å². The van der Waals surface area contributed by atoms with Crippen molar-refractivity contribution in [2.45, 2.75) is 12.5 Å². The van der Waals surface area contributed by atoms with Gasteiger partial charge in [0.2, 0.25) is 0 Å². The summed E-state index contributed by atoms with van der Waals surface area (Å²) < 4.78 is 10.5. The number of nitrogens with two attached hydrogens (primary N) is 1. The number of hydrogen-bond donors (Lipinski definition) is 1. The van der Waals surface area contributed by atoms with Crippen LogP contribution < -0.4 is 15.2 Å². The monoisotopic (exact) mass is 238 g/mol. The Balaban J connectivity index is 3.03. The van der Waals surface area contributed by atoms with Crippen LogP contribution in [0.4, 0.5) is 0 Å². The molecule has 2 N–H and O–H groups in total. The van der Waals surface area contributed by atoms with Crippen LogP contribution in [0.5, 0.6) is 11.5 Å². The molecule has 0 heterocycles. The Hall–Kier alpha value is -1.26. The first-order chi connectivity index (χ1) is 8.13. The largest absolute Gasteiger partial charge is 0.493 e. The van der Waals surface area contributed by atoms with E-state index in [2.05, 4.69) is 25.1 Å². The molecule has 1 atom stereocenters. The fourth-order valence-corrected chi connectivity index (χ4v) is 1.94. The fourth-order valence-electron chi connectivity index (χ4n) is 1.94. The zero-order valence-electron chi connectivity index (χ0n) is 11.1. The predicted molar refractivity (Wildman–Crippen MR) is 69.6 cm³/mol. The van der Waals surface area contributed by atoms with Crippen molar-refractivity contribution in [2.75, 3.05) is 34.9 Å². The molecule has 4 heteroatoms. The molecule has 0 radical (unpaired) electrons. The lowest BCUT2D eigenvalue weighted by atomic mass is 10.0. The zero-order chi connectivity index (χ0) is 12.8. The van der Waals surface area contributed by atoms with Crippen molar-refractivity contribution in [1.82, 2.24) is 4.90 Å². The molecule has 0 aliphatic heterocycles. The normalized spacial score (nSPS) is 12.6. The van der Waals surface area contributed by atoms with Gasteiger partial charge < -0.3 is 20.1 Å². The first-order valence-corrected chi connectivity index (χ1v) is 5.72. The summed E-state index contributed by atoms with van der Waals surface area (Å²) in [6, 6.07) is 6.31. The summed E-state index contributed by atoms with van der Waals surface area (Å²) in [5.41, 5.74) is 6.84. The fraction of sp³-hybridized carbons (Fsp3) is 0.538. The summed E-state index contributed by atoms with van der Waals surface area (Å²) in [7, 11) is 7.39. The highest BCUT2D eigenvalue weighted by atomic mass is 16.5. The second-order valence-corrected chi connectivity index (χ2v) is 4.17. The predicted octanol–water partition coefficient (Wildman–Crippen LogP) is 1.66. The third-order valence-corrected chi connectivity index (χ3v) is 2.86. The summed E-state index contributed by atoms with van der Waals surface area (Å²) in [6.45, 7) is 0.664. The number of benzene rings is 1. The van der Waals surface area contributed by atoms with Crippen LogP contribution in [-0.2, 0) is 0 Å². The van der Waals surface area contributed by atoms with E-state index in [0.717, 1.165) is 17.9 Å². The van der Waals surface area contributed by atoms with Gasteiger partial charge in [0.1, 0.15) is 0 Å². The smallest absolute Gasteiger partial charge is 0.161 e. The van der Waals surface area contributed by atoms with E-state index < -0.39 is 0 Å². The van der Waals surface area contributed by atoms with E-state index in [1.54, 1.807) is 14.2 Å². The van der Waals surface area contributed by atoms with E-state index in [1.807, 2.05) is 12.1 Å². The summed E-state index contributed by atoms with van der Waals surface area (Å²) in [5, 5.41) is 0. The number of hydrogen-bond acceptors (Lipinski definition) is 4. The van der Waals surface area contributed by atoms with Crippen LogP contribution in [0.1, 0.15) is 18.0 Å². The molecule has 17 heavy (non-hydrogen) atoms. The van der Waals surface area contributed by atoms with E-state index in [-0.39, 0.29) is 0 Å². The second kappa shape index (κ2) is 6.47. The van der Waals surface area contributed by atoms with Crippen molar-refractivity contribution >= 4 is 0 Å². The maximum Gasteiger partial charge on any atom is 0.161 e. The Morgan fingerprint density at radius 3 is 2.29 bits per heavy atom. The van der Waals surface area contributed by atoms with E-state index in [4.69, 9.17) is 15.2 Å². The first-order valence-electron chi connectivity index (χ1n) is 5.72. The lowest BCUT2D eigenvalue weighted by Crippen LogP contribution is -2.22. The number of rotatable bonds is 6. The molecule has 1 aromatic carbocycles. The van der Waals surface area contributed by atoms with Gasteiger partial charge in [-0.25, -0.2) is 0 Å². The van der Waals surface area contributed by atoms with Gasteiger partial charge in [0.25, 0.3) is 0 Å². The number of ether oxygens (including phenoxy) is 2. The summed E-state index contributed by atoms with van der Waals surface area (Å²) in [6.07, 6.45) is 0.919. The molecule has 0 saturated carbocycles. The van der Waals surface area contributed by atoms with Crippen LogP contribution in [0, 0.1) is 0 Å². The van der Waals surface area contributed by atoms with E-state index in [0.29, 0.717) is 12.6 Å². The molecule has 0 aliphatic rings. The topological polar surface area (TPSA) is 47.7 Å². The van der Waals surface area contributed by atoms with Crippen LogP contribution in [0.25, 0.3) is 0 Å². The minimum absolute atomic E-state index is 0.305. The second-order valence-electron chi connectivity index (χ2n) is 4.17. The molecule has 1 rings (SSSR count). The van der Waals surface area contributed by atoms with Crippen molar-refractivity contribution in [3.05, 3.63) is 23.8 Å². The zero-order valence-corrected chi connectivity index (χ0v) is 11.1. The number of nitrogens with zero attached hydrogens (tertiary/aromatic N) is 1. The molecule has 0 bridgehead atoms. The maximum absolute atomic E-state index is 5.65. The molecular weight excluding hydrogens is 216 g/mol. The van der Waals surface area contributed by atoms with Crippen molar-refractivity contribution in [1.29, 1.82) is 0 Å². The number of methoxy groups -OCH3 is 2. The lowest BCUT2D eigenvalue weighted by Gasteiger charge is -2.25. The maximum atomic E-state index is 5.65. The Morgan fingerprint density at radius 2 is 1.82 bits per heavy atom. The Morgan fingerprint density at radius 1 is 1.18 bits per heavy atom. The molecule has 4 nitrogen and oxygen atoms in total. The molecule has 0 aromatic heterocycles. The van der Waals surface area contributed by atoms with Crippen LogP contribution in [0.15, 0.2) is 18.2 Å². The van der Waals surface area contributed by atoms with Gasteiger partial charge in [-0.1, -0.05) is 6.07 Å². The highest BCUT2D eigenvalue weighted by Gasteiger charge is 2.15. The van der Waals surface area contributed by atoms with Gasteiger partial charge in [0, 0.05) is 6.04 Å². The van der Waals surface area contributed by atoms with Gasteiger partial charge in [-0.15, -0.1) is 0 Å².